The summed E-state index contributed by atoms with van der Waals surface area (Å²) >= 11 is 0. The normalized spacial score (nSPS) is 9.83. The van der Waals surface area contributed by atoms with E-state index in [4.69, 9.17) is 0 Å². The zero-order chi connectivity index (χ0) is 4.99. The number of hydrogen-bond donors (Lipinski definition) is 0. The molecule has 4 heteroatoms. The van der Waals surface area contributed by atoms with E-state index in [2.05, 4.69) is 4.52 Å². The highest BCUT2D eigenvalue weighted by atomic mass is 31.1. The van der Waals surface area contributed by atoms with Gasteiger partial charge in [0.1, 0.15) is 0 Å². The molecule has 0 amide bonds. The Labute approximate surface area is 36.2 Å². The van der Waals surface area contributed by atoms with E-state index in [0.29, 0.717) is 0 Å². The van der Waals surface area contributed by atoms with Crippen LogP contribution < -0.4 is 0 Å². The molecule has 0 aliphatic carbocycles. The van der Waals surface area contributed by atoms with Crippen LogP contribution in [0.2, 0.25) is 0 Å². The van der Waals surface area contributed by atoms with Gasteiger partial charge in [0, 0.05) is 0 Å². The molecule has 0 radical (unpaired) electrons. The number of carbonyl (C=O) groups excluding carboxylic acids is 1. The Hall–Kier alpha value is -0.430. The zero-order valence-electron chi connectivity index (χ0n) is 3.25. The Morgan fingerprint density at radius 3 is 2.33 bits per heavy atom. The van der Waals surface area contributed by atoms with Gasteiger partial charge in [-0.25, -0.2) is 4.52 Å². The first-order valence-corrected chi connectivity index (χ1v) is 2.91. The summed E-state index contributed by atoms with van der Waals surface area (Å²) in [5.41, 5.74) is 0. The zero-order valence-corrected chi connectivity index (χ0v) is 4.14. The first-order valence-electron chi connectivity index (χ1n) is 1.28. The lowest BCUT2D eigenvalue weighted by molar-refractivity contribution is -0.120. The fourth-order valence-corrected chi connectivity index (χ4v) is 0.182. The molecule has 0 heterocycles. The molecule has 0 aliphatic rings. The maximum atomic E-state index is 9.74. The minimum absolute atomic E-state index is 0.165. The fourth-order valence-electron chi connectivity index (χ4n) is 0.0606. The molecule has 0 bridgehead atoms. The van der Waals surface area contributed by atoms with Crippen molar-refractivity contribution < 1.29 is 13.9 Å². The molecule has 34 valence electrons. The van der Waals surface area contributed by atoms with Crippen LogP contribution in [0, 0.1) is 0 Å². The van der Waals surface area contributed by atoms with Gasteiger partial charge in [0.2, 0.25) is 0 Å². The van der Waals surface area contributed by atoms with Gasteiger partial charge in [0.15, 0.2) is 6.66 Å². The van der Waals surface area contributed by atoms with Gasteiger partial charge in [0.05, 0.1) is 0 Å². The predicted molar refractivity (Wildman–Crippen MR) is 20.7 cm³/mol. The lowest BCUT2D eigenvalue weighted by Crippen LogP contribution is -1.67. The molecule has 0 saturated heterocycles. The first kappa shape index (κ1) is 5.57. The minimum atomic E-state index is -1.72. The quantitative estimate of drug-likeness (QED) is 0.382. The van der Waals surface area contributed by atoms with E-state index in [1.54, 1.807) is 0 Å². The third kappa shape index (κ3) is 3.57. The molecule has 0 aromatic rings. The van der Waals surface area contributed by atoms with Gasteiger partial charge in [-0.15, -0.1) is 0 Å². The highest BCUT2D eigenvalue weighted by molar-refractivity contribution is 7.38. The van der Waals surface area contributed by atoms with Crippen molar-refractivity contribution in [2.45, 2.75) is 0 Å². The minimum Gasteiger partial charge on any atom is -0.250 e. The average Bonchev–Trinajstić information content (AvgIpc) is 1.35. The third-order valence-corrected chi connectivity index (χ3v) is 0.574. The van der Waals surface area contributed by atoms with E-state index in [-0.39, 0.29) is 6.47 Å². The number of rotatable bonds is 2. The van der Waals surface area contributed by atoms with Crippen molar-refractivity contribution in [3.63, 3.8) is 0 Å². The topological polar surface area (TPSA) is 43.4 Å². The molecule has 1 unspecified atom stereocenters. The third-order valence-electron chi connectivity index (χ3n) is 0.191. The summed E-state index contributed by atoms with van der Waals surface area (Å²) < 4.78 is 13.6. The van der Waals surface area contributed by atoms with Crippen LogP contribution in [0.3, 0.4) is 0 Å². The predicted octanol–water partition coefficient (Wildman–Crippen LogP) is 0.532. The van der Waals surface area contributed by atoms with E-state index >= 15 is 0 Å². The standard InChI is InChI=1S/C2H4O3P/c1-6(4)5-2-3/h2H,1H3/q+1. The lowest BCUT2D eigenvalue weighted by atomic mass is 11.7. The summed E-state index contributed by atoms with van der Waals surface area (Å²) in [4.78, 5) is 9.21. The molecule has 3 nitrogen and oxygen atoms in total. The van der Waals surface area contributed by atoms with Gasteiger partial charge >= 0.3 is 14.5 Å². The molecule has 0 fully saturated rings. The van der Waals surface area contributed by atoms with Crippen molar-refractivity contribution in [2.24, 2.45) is 0 Å². The highest BCUT2D eigenvalue weighted by Gasteiger charge is 2.01. The van der Waals surface area contributed by atoms with Crippen molar-refractivity contribution in [3.05, 3.63) is 0 Å². The Morgan fingerprint density at radius 1 is 1.83 bits per heavy atom. The largest absolute Gasteiger partial charge is 0.555 e. The van der Waals surface area contributed by atoms with Crippen molar-refractivity contribution in [1.82, 2.24) is 0 Å². The van der Waals surface area contributed by atoms with Crippen LogP contribution in [0.15, 0.2) is 0 Å². The van der Waals surface area contributed by atoms with E-state index in [1.807, 2.05) is 0 Å². The molecule has 0 aliphatic heterocycles. The summed E-state index contributed by atoms with van der Waals surface area (Å²) in [6, 6.07) is 0. The summed E-state index contributed by atoms with van der Waals surface area (Å²) in [5.74, 6) is 0. The summed E-state index contributed by atoms with van der Waals surface area (Å²) in [6.45, 7) is 1.47. The van der Waals surface area contributed by atoms with E-state index in [9.17, 15) is 9.36 Å². The monoisotopic (exact) mass is 107 g/mol. The van der Waals surface area contributed by atoms with Gasteiger partial charge in [0.25, 0.3) is 0 Å². The molecule has 0 N–H and O–H groups in total. The van der Waals surface area contributed by atoms with Crippen LogP contribution in [-0.2, 0) is 13.9 Å². The van der Waals surface area contributed by atoms with Crippen LogP contribution in [0.25, 0.3) is 0 Å². The second-order valence-corrected chi connectivity index (χ2v) is 1.73. The van der Waals surface area contributed by atoms with E-state index in [1.165, 1.54) is 6.66 Å². The molecular weight excluding hydrogens is 103 g/mol. The molecule has 1 atom stereocenters. The van der Waals surface area contributed by atoms with E-state index < -0.39 is 8.03 Å². The Morgan fingerprint density at radius 2 is 2.33 bits per heavy atom. The Balaban J connectivity index is 3.05. The first-order chi connectivity index (χ1) is 2.77. The summed E-state index contributed by atoms with van der Waals surface area (Å²) in [6.07, 6.45) is 0. The fraction of sp³-hybridized carbons (Fsp3) is 0.500. The van der Waals surface area contributed by atoms with Crippen LogP contribution >= 0.6 is 8.03 Å². The lowest BCUT2D eigenvalue weighted by Gasteiger charge is -1.61. The highest BCUT2D eigenvalue weighted by Crippen LogP contribution is 2.11. The molecular formula is C2H4O3P+. The molecule has 0 spiro atoms. The maximum absolute atomic E-state index is 9.74. The molecule has 0 saturated carbocycles. The summed E-state index contributed by atoms with van der Waals surface area (Å²) in [7, 11) is -1.72. The van der Waals surface area contributed by atoms with Crippen molar-refractivity contribution in [3.8, 4) is 0 Å². The summed E-state index contributed by atoms with van der Waals surface area (Å²) in [5, 5.41) is 0. The van der Waals surface area contributed by atoms with Crippen LogP contribution in [0.4, 0.5) is 0 Å². The van der Waals surface area contributed by atoms with E-state index in [0.717, 1.165) is 0 Å². The van der Waals surface area contributed by atoms with Crippen molar-refractivity contribution >= 4 is 14.5 Å². The molecule has 0 rings (SSSR count). The SMILES string of the molecule is C[P+](=O)OC=O. The maximum Gasteiger partial charge on any atom is 0.555 e. The van der Waals surface area contributed by atoms with Gasteiger partial charge in [-0.1, -0.05) is 0 Å². The second-order valence-electron chi connectivity index (χ2n) is 0.641. The van der Waals surface area contributed by atoms with Crippen LogP contribution in [0.1, 0.15) is 0 Å². The van der Waals surface area contributed by atoms with Crippen molar-refractivity contribution in [1.29, 1.82) is 0 Å². The number of hydrogen-bond acceptors (Lipinski definition) is 3. The van der Waals surface area contributed by atoms with Gasteiger partial charge < -0.3 is 0 Å². The molecule has 6 heavy (non-hydrogen) atoms. The second kappa shape index (κ2) is 2.79. The molecule has 0 aromatic carbocycles. The average molecular weight is 107 g/mol. The van der Waals surface area contributed by atoms with Gasteiger partial charge in [-0.3, -0.25) is 4.79 Å². The molecule has 0 aromatic heterocycles. The van der Waals surface area contributed by atoms with Crippen molar-refractivity contribution in [2.75, 3.05) is 6.66 Å². The van der Waals surface area contributed by atoms with Crippen LogP contribution in [-0.4, -0.2) is 13.1 Å². The number of carbonyl (C=O) groups is 1. The van der Waals surface area contributed by atoms with Gasteiger partial charge in [-0.2, -0.15) is 0 Å². The Bertz CT molecular complexity index is 69.2. The Kier molecular flexibility index (Phi) is 2.59. The van der Waals surface area contributed by atoms with Crippen LogP contribution in [0.5, 0.6) is 0 Å². The van der Waals surface area contributed by atoms with Gasteiger partial charge in [-0.05, 0) is 4.57 Å². The smallest absolute Gasteiger partial charge is 0.250 e.